The summed E-state index contributed by atoms with van der Waals surface area (Å²) in [6.45, 7) is 0. The summed E-state index contributed by atoms with van der Waals surface area (Å²) in [4.78, 5) is 2.27. The van der Waals surface area contributed by atoms with Gasteiger partial charge in [-0.15, -0.1) is 0 Å². The van der Waals surface area contributed by atoms with E-state index in [0.717, 1.165) is 58.1 Å². The predicted molar refractivity (Wildman–Crippen MR) is 237 cm³/mol. The minimum absolute atomic E-state index is 0.521. The average molecular weight is 760 g/mol. The summed E-state index contributed by atoms with van der Waals surface area (Å²) < 4.78 is 20.0. The normalized spacial score (nSPS) is 14.1. The van der Waals surface area contributed by atoms with E-state index in [0.29, 0.717) is 17.2 Å². The Kier molecular flexibility index (Phi) is 7.54. The SMILES string of the molecule is C1=C(c2ccc(N(c3ccccc3)c3ccc4c(c3)Oc3ccc5c(c3O4)-c3ccccc3C5(c3ccccc3)c3ccccc3)cc2)CCc2oc3ccccc3c21. The number of aryl methyl sites for hydroxylation is 1. The van der Waals surface area contributed by atoms with Crippen LogP contribution in [0.1, 0.15) is 45.6 Å². The Hall–Kier alpha value is -7.56. The Bertz CT molecular complexity index is 3050. The van der Waals surface area contributed by atoms with Crippen molar-refractivity contribution in [3.63, 3.8) is 0 Å². The van der Waals surface area contributed by atoms with E-state index >= 15 is 0 Å². The van der Waals surface area contributed by atoms with E-state index in [1.807, 2.05) is 12.1 Å². The number of nitrogens with zero attached hydrogens (tertiary/aromatic N) is 1. The molecule has 4 heteroatoms. The van der Waals surface area contributed by atoms with Crippen LogP contribution < -0.4 is 14.4 Å². The molecule has 0 saturated carbocycles. The molecule has 3 aliphatic rings. The van der Waals surface area contributed by atoms with E-state index < -0.39 is 5.41 Å². The third kappa shape index (κ3) is 5.16. The van der Waals surface area contributed by atoms with Gasteiger partial charge in [0.1, 0.15) is 11.3 Å². The quantitative estimate of drug-likeness (QED) is 0.169. The summed E-state index contributed by atoms with van der Waals surface area (Å²) >= 11 is 0. The van der Waals surface area contributed by atoms with Crippen molar-refractivity contribution in [3.8, 4) is 34.1 Å². The highest BCUT2D eigenvalue weighted by atomic mass is 16.6. The molecular formula is C55H37NO3. The van der Waals surface area contributed by atoms with Crippen molar-refractivity contribution in [3.05, 3.63) is 233 Å². The van der Waals surface area contributed by atoms with E-state index in [-0.39, 0.29) is 0 Å². The number of fused-ring (bicyclic) bond motifs is 9. The molecule has 0 saturated heterocycles. The molecule has 2 heterocycles. The first-order valence-electron chi connectivity index (χ1n) is 20.3. The minimum Gasteiger partial charge on any atom is -0.460 e. The Balaban J connectivity index is 0.926. The monoisotopic (exact) mass is 759 g/mol. The van der Waals surface area contributed by atoms with Gasteiger partial charge in [-0.3, -0.25) is 0 Å². The fourth-order valence-electron chi connectivity index (χ4n) is 9.72. The molecule has 8 aromatic carbocycles. The molecule has 0 N–H and O–H groups in total. The molecule has 2 aliphatic carbocycles. The minimum atomic E-state index is -0.521. The summed E-state index contributed by atoms with van der Waals surface area (Å²) in [6, 6.07) is 68.7. The maximum absolute atomic E-state index is 6.96. The summed E-state index contributed by atoms with van der Waals surface area (Å²) in [5.74, 6) is 3.87. The van der Waals surface area contributed by atoms with Gasteiger partial charge in [-0.25, -0.2) is 0 Å². The molecular weight excluding hydrogens is 723 g/mol. The zero-order valence-electron chi connectivity index (χ0n) is 32.1. The molecule has 4 nitrogen and oxygen atoms in total. The van der Waals surface area contributed by atoms with Crippen molar-refractivity contribution in [1.29, 1.82) is 0 Å². The second kappa shape index (κ2) is 13.3. The van der Waals surface area contributed by atoms with E-state index in [9.17, 15) is 0 Å². The van der Waals surface area contributed by atoms with Crippen molar-refractivity contribution >= 4 is 39.7 Å². The predicted octanol–water partition coefficient (Wildman–Crippen LogP) is 14.7. The van der Waals surface area contributed by atoms with E-state index in [4.69, 9.17) is 13.9 Å². The molecule has 0 atom stereocenters. The zero-order chi connectivity index (χ0) is 38.9. The number of ether oxygens (including phenoxy) is 2. The van der Waals surface area contributed by atoms with Gasteiger partial charge in [0.15, 0.2) is 23.0 Å². The number of hydrogen-bond donors (Lipinski definition) is 0. The van der Waals surface area contributed by atoms with Crippen LogP contribution in [-0.4, -0.2) is 0 Å². The first-order valence-corrected chi connectivity index (χ1v) is 20.3. The molecule has 0 unspecified atom stereocenters. The molecule has 0 fully saturated rings. The van der Waals surface area contributed by atoms with Crippen LogP contribution >= 0.6 is 0 Å². The third-order valence-electron chi connectivity index (χ3n) is 12.3. The topological polar surface area (TPSA) is 34.8 Å². The van der Waals surface area contributed by atoms with Gasteiger partial charge in [0, 0.05) is 40.4 Å². The lowest BCUT2D eigenvalue weighted by Gasteiger charge is -2.34. The summed E-state index contributed by atoms with van der Waals surface area (Å²) in [5, 5.41) is 1.18. The number of para-hydroxylation sites is 2. The van der Waals surface area contributed by atoms with E-state index in [1.54, 1.807) is 0 Å². The smallest absolute Gasteiger partial charge is 0.178 e. The maximum Gasteiger partial charge on any atom is 0.178 e. The van der Waals surface area contributed by atoms with Gasteiger partial charge >= 0.3 is 0 Å². The Morgan fingerprint density at radius 2 is 1.12 bits per heavy atom. The fraction of sp³-hybridized carbons (Fsp3) is 0.0545. The van der Waals surface area contributed by atoms with Crippen LogP contribution in [0.4, 0.5) is 17.1 Å². The molecule has 0 radical (unpaired) electrons. The molecule has 1 aromatic heterocycles. The lowest BCUT2D eigenvalue weighted by molar-refractivity contribution is 0.360. The number of furan rings is 1. The molecule has 9 aromatic rings. The molecule has 12 rings (SSSR count). The van der Waals surface area contributed by atoms with Crippen LogP contribution in [0.2, 0.25) is 0 Å². The lowest BCUT2D eigenvalue weighted by Crippen LogP contribution is -2.28. The molecule has 1 aliphatic heterocycles. The van der Waals surface area contributed by atoms with Crippen molar-refractivity contribution in [2.45, 2.75) is 18.3 Å². The largest absolute Gasteiger partial charge is 0.460 e. The maximum atomic E-state index is 6.96. The van der Waals surface area contributed by atoms with E-state index in [1.165, 1.54) is 44.3 Å². The van der Waals surface area contributed by atoms with Gasteiger partial charge < -0.3 is 18.8 Å². The van der Waals surface area contributed by atoms with Crippen LogP contribution in [0.15, 0.2) is 199 Å². The number of allylic oxidation sites excluding steroid dienone is 1. The average Bonchev–Trinajstić information content (AvgIpc) is 3.83. The van der Waals surface area contributed by atoms with Gasteiger partial charge in [0.05, 0.1) is 11.1 Å². The Labute approximate surface area is 342 Å². The summed E-state index contributed by atoms with van der Waals surface area (Å²) in [7, 11) is 0. The van der Waals surface area contributed by atoms with Gasteiger partial charge in [-0.2, -0.15) is 0 Å². The first kappa shape index (κ1) is 33.6. The van der Waals surface area contributed by atoms with Crippen molar-refractivity contribution in [1.82, 2.24) is 0 Å². The highest BCUT2D eigenvalue weighted by Crippen LogP contribution is 2.62. The molecule has 0 amide bonds. The zero-order valence-corrected chi connectivity index (χ0v) is 32.1. The van der Waals surface area contributed by atoms with E-state index in [2.05, 4.69) is 193 Å². The van der Waals surface area contributed by atoms with Crippen LogP contribution in [0.5, 0.6) is 23.0 Å². The number of benzene rings is 8. The number of hydrogen-bond acceptors (Lipinski definition) is 4. The van der Waals surface area contributed by atoms with Gasteiger partial charge in [-0.05, 0) is 100.0 Å². The van der Waals surface area contributed by atoms with Crippen LogP contribution in [0.3, 0.4) is 0 Å². The first-order chi connectivity index (χ1) is 29.2. The van der Waals surface area contributed by atoms with Crippen LogP contribution in [0, 0.1) is 0 Å². The van der Waals surface area contributed by atoms with Crippen LogP contribution in [-0.2, 0) is 11.8 Å². The molecule has 59 heavy (non-hydrogen) atoms. The van der Waals surface area contributed by atoms with Gasteiger partial charge in [0.2, 0.25) is 0 Å². The Morgan fingerprint density at radius 3 is 1.90 bits per heavy atom. The Morgan fingerprint density at radius 1 is 0.475 bits per heavy atom. The second-order valence-electron chi connectivity index (χ2n) is 15.5. The second-order valence-corrected chi connectivity index (χ2v) is 15.5. The highest BCUT2D eigenvalue weighted by molar-refractivity contribution is 5.96. The van der Waals surface area contributed by atoms with Gasteiger partial charge in [0.25, 0.3) is 0 Å². The standard InChI is InChI=1S/C55H37NO3/c1-4-14-38(15-5-1)55(39-16-6-2-7-17-39)46-22-12-10-21-44(46)53-47(55)30-33-51-54(53)59-50-32-29-42(35-52(50)58-51)56(40-18-8-3-9-19-40)41-27-24-36(25-28-41)37-26-31-49-45(34-37)43-20-11-13-23-48(43)57-49/h1-25,27-30,32-35H,26,31H2. The third-order valence-corrected chi connectivity index (χ3v) is 12.3. The molecule has 0 spiro atoms. The molecule has 280 valence electrons. The summed E-state index contributed by atoms with van der Waals surface area (Å²) in [5.41, 5.74) is 14.3. The van der Waals surface area contributed by atoms with Crippen molar-refractivity contribution < 1.29 is 13.9 Å². The van der Waals surface area contributed by atoms with Crippen LogP contribution in [0.25, 0.3) is 33.7 Å². The van der Waals surface area contributed by atoms with Crippen molar-refractivity contribution in [2.24, 2.45) is 0 Å². The number of rotatable bonds is 6. The van der Waals surface area contributed by atoms with Gasteiger partial charge in [-0.1, -0.05) is 140 Å². The number of anilines is 3. The highest BCUT2D eigenvalue weighted by Gasteiger charge is 2.48. The summed E-state index contributed by atoms with van der Waals surface area (Å²) in [6.07, 6.45) is 4.14. The fourth-order valence-corrected chi connectivity index (χ4v) is 9.72. The molecule has 0 bridgehead atoms. The lowest BCUT2D eigenvalue weighted by atomic mass is 9.68. The van der Waals surface area contributed by atoms with Crippen molar-refractivity contribution in [2.75, 3.05) is 4.90 Å².